The van der Waals surface area contributed by atoms with Gasteiger partial charge >= 0.3 is 6.36 Å². The zero-order valence-electron chi connectivity index (χ0n) is 12.9. The fourth-order valence-corrected chi connectivity index (χ4v) is 3.39. The lowest BCUT2D eigenvalue weighted by Gasteiger charge is -2.11. The Bertz CT molecular complexity index is 1200. The van der Waals surface area contributed by atoms with Crippen LogP contribution >= 0.6 is 39.1 Å². The number of hydrogen-bond acceptors (Lipinski definition) is 4. The Kier molecular flexibility index (Phi) is 4.40. The predicted octanol–water partition coefficient (Wildman–Crippen LogP) is 5.91. The molecule has 0 saturated carbocycles. The van der Waals surface area contributed by atoms with Crippen molar-refractivity contribution < 1.29 is 17.9 Å². The second-order valence-electron chi connectivity index (χ2n) is 5.38. The van der Waals surface area contributed by atoms with Crippen LogP contribution in [0.3, 0.4) is 0 Å². The topological polar surface area (TPSA) is 52.3 Å². The molecule has 0 spiro atoms. The van der Waals surface area contributed by atoms with Crippen molar-refractivity contribution in [3.05, 3.63) is 51.2 Å². The van der Waals surface area contributed by atoms with Crippen LogP contribution in [-0.4, -0.2) is 25.9 Å². The van der Waals surface area contributed by atoms with E-state index in [4.69, 9.17) is 23.2 Å². The minimum Gasteiger partial charge on any atom is -0.405 e. The highest BCUT2D eigenvalue weighted by Gasteiger charge is 2.33. The van der Waals surface area contributed by atoms with Crippen molar-refractivity contribution in [2.45, 2.75) is 6.36 Å². The summed E-state index contributed by atoms with van der Waals surface area (Å²) in [6.07, 6.45) is -4.89. The van der Waals surface area contributed by atoms with Crippen molar-refractivity contribution in [3.63, 3.8) is 0 Å². The number of halogens is 6. The molecule has 0 aliphatic carbocycles. The summed E-state index contributed by atoms with van der Waals surface area (Å²) < 4.78 is 44.2. The first-order chi connectivity index (χ1) is 12.7. The molecule has 27 heavy (non-hydrogen) atoms. The van der Waals surface area contributed by atoms with E-state index in [1.54, 1.807) is 18.2 Å². The lowest BCUT2D eigenvalue weighted by molar-refractivity contribution is -0.274. The Morgan fingerprint density at radius 1 is 1.07 bits per heavy atom. The number of fused-ring (bicyclic) bond motifs is 3. The summed E-state index contributed by atoms with van der Waals surface area (Å²) in [5, 5.41) is 4.90. The summed E-state index contributed by atoms with van der Waals surface area (Å²) in [7, 11) is 0. The minimum atomic E-state index is -4.89. The molecule has 11 heteroatoms. The molecule has 0 atom stereocenters. The highest BCUT2D eigenvalue weighted by atomic mass is 79.9. The first-order valence-electron chi connectivity index (χ1n) is 7.29. The summed E-state index contributed by atoms with van der Waals surface area (Å²) in [4.78, 5) is 8.60. The van der Waals surface area contributed by atoms with Gasteiger partial charge in [0, 0.05) is 14.9 Å². The average Bonchev–Trinajstić information content (AvgIpc) is 3.00. The first-order valence-corrected chi connectivity index (χ1v) is 8.84. The number of rotatable bonds is 2. The molecule has 0 radical (unpaired) electrons. The molecule has 0 amide bonds. The van der Waals surface area contributed by atoms with Crippen LogP contribution in [0.5, 0.6) is 5.75 Å². The standard InChI is InChI=1S/C16H6BrCl2F3N4O/c17-10-3-1-2-9-12(10)23-15(19)26-14(9)24-13(25-26)8-5-4-7(18)6-11(8)27-16(20,21)22/h1-6H. The SMILES string of the molecule is FC(F)(F)Oc1cc(Cl)ccc1-c1nc2c3cccc(Br)c3nc(Cl)n2n1. The number of ether oxygens (including phenoxy) is 1. The molecule has 2 aromatic carbocycles. The number of benzene rings is 2. The van der Waals surface area contributed by atoms with Crippen LogP contribution in [0, 0.1) is 0 Å². The van der Waals surface area contributed by atoms with E-state index in [1.165, 1.54) is 16.6 Å². The smallest absolute Gasteiger partial charge is 0.405 e. The minimum absolute atomic E-state index is 0.00963. The van der Waals surface area contributed by atoms with Crippen LogP contribution in [-0.2, 0) is 0 Å². The van der Waals surface area contributed by atoms with Gasteiger partial charge in [0.05, 0.1) is 11.1 Å². The summed E-state index contributed by atoms with van der Waals surface area (Å²) in [5.74, 6) is -0.525. The molecule has 0 fully saturated rings. The molecule has 0 N–H and O–H groups in total. The summed E-state index contributed by atoms with van der Waals surface area (Å²) in [6.45, 7) is 0. The van der Waals surface area contributed by atoms with Gasteiger partial charge < -0.3 is 4.74 Å². The maximum atomic E-state index is 12.7. The van der Waals surface area contributed by atoms with Crippen LogP contribution in [0.2, 0.25) is 10.3 Å². The molecule has 5 nitrogen and oxygen atoms in total. The van der Waals surface area contributed by atoms with Gasteiger partial charge in [-0.25, -0.2) is 9.97 Å². The van der Waals surface area contributed by atoms with Crippen molar-refractivity contribution in [3.8, 4) is 17.1 Å². The molecule has 2 aromatic heterocycles. The molecule has 4 rings (SSSR count). The van der Waals surface area contributed by atoms with Crippen LogP contribution < -0.4 is 4.74 Å². The Morgan fingerprint density at radius 3 is 2.59 bits per heavy atom. The Balaban J connectivity index is 1.97. The van der Waals surface area contributed by atoms with E-state index in [-0.39, 0.29) is 21.7 Å². The van der Waals surface area contributed by atoms with Crippen molar-refractivity contribution in [2.24, 2.45) is 0 Å². The van der Waals surface area contributed by atoms with Crippen molar-refractivity contribution in [1.29, 1.82) is 0 Å². The van der Waals surface area contributed by atoms with Gasteiger partial charge in [-0.05, 0) is 57.9 Å². The van der Waals surface area contributed by atoms with E-state index in [9.17, 15) is 13.2 Å². The number of para-hydroxylation sites is 1. The molecule has 4 aromatic rings. The van der Waals surface area contributed by atoms with Gasteiger partial charge in [0.25, 0.3) is 0 Å². The second kappa shape index (κ2) is 6.50. The van der Waals surface area contributed by atoms with E-state index in [1.807, 2.05) is 0 Å². The van der Waals surface area contributed by atoms with Gasteiger partial charge in [-0.15, -0.1) is 18.3 Å². The molecular formula is C16H6BrCl2F3N4O. The number of hydrogen-bond donors (Lipinski definition) is 0. The number of nitrogens with zero attached hydrogens (tertiary/aromatic N) is 4. The molecule has 0 aliphatic heterocycles. The van der Waals surface area contributed by atoms with Crippen molar-refractivity contribution in [1.82, 2.24) is 19.6 Å². The fraction of sp³-hybridized carbons (Fsp3) is 0.0625. The quantitative estimate of drug-likeness (QED) is 0.336. The molecule has 0 aliphatic rings. The molecule has 0 saturated heterocycles. The summed E-state index contributed by atoms with van der Waals surface area (Å²) in [6, 6.07) is 9.12. The molecule has 0 bridgehead atoms. The third-order valence-electron chi connectivity index (χ3n) is 3.62. The molecule has 0 unspecified atom stereocenters. The number of alkyl halides is 3. The van der Waals surface area contributed by atoms with Gasteiger partial charge in [-0.1, -0.05) is 17.7 Å². The lowest BCUT2D eigenvalue weighted by Crippen LogP contribution is -2.17. The Hall–Kier alpha value is -2.10. The van der Waals surface area contributed by atoms with Gasteiger partial charge in [0.15, 0.2) is 11.5 Å². The normalized spacial score (nSPS) is 12.1. The molecular weight excluding hydrogens is 472 g/mol. The third-order valence-corrected chi connectivity index (χ3v) is 4.74. The van der Waals surface area contributed by atoms with Crippen LogP contribution in [0.4, 0.5) is 13.2 Å². The molecule has 2 heterocycles. The van der Waals surface area contributed by atoms with E-state index in [0.717, 1.165) is 6.07 Å². The Labute approximate surface area is 167 Å². The summed E-state index contributed by atoms with van der Waals surface area (Å²) >= 11 is 15.4. The van der Waals surface area contributed by atoms with Crippen molar-refractivity contribution >= 4 is 55.7 Å². The zero-order valence-corrected chi connectivity index (χ0v) is 16.0. The molecule has 138 valence electrons. The largest absolute Gasteiger partial charge is 0.573 e. The van der Waals surface area contributed by atoms with Crippen molar-refractivity contribution in [2.75, 3.05) is 0 Å². The van der Waals surface area contributed by atoms with Gasteiger partial charge in [-0.2, -0.15) is 4.52 Å². The van der Waals surface area contributed by atoms with E-state index < -0.39 is 12.1 Å². The van der Waals surface area contributed by atoms with Gasteiger partial charge in [0.1, 0.15) is 5.75 Å². The van der Waals surface area contributed by atoms with Gasteiger partial charge in [0.2, 0.25) is 5.28 Å². The van der Waals surface area contributed by atoms with E-state index in [0.29, 0.717) is 21.0 Å². The van der Waals surface area contributed by atoms with E-state index >= 15 is 0 Å². The maximum Gasteiger partial charge on any atom is 0.573 e. The Morgan fingerprint density at radius 2 is 1.85 bits per heavy atom. The van der Waals surface area contributed by atoms with Crippen LogP contribution in [0.1, 0.15) is 0 Å². The highest BCUT2D eigenvalue weighted by molar-refractivity contribution is 9.10. The third kappa shape index (κ3) is 3.42. The predicted molar refractivity (Wildman–Crippen MR) is 98.1 cm³/mol. The first kappa shape index (κ1) is 18.3. The zero-order chi connectivity index (χ0) is 19.3. The van der Waals surface area contributed by atoms with Gasteiger partial charge in [-0.3, -0.25) is 0 Å². The summed E-state index contributed by atoms with van der Waals surface area (Å²) in [5.41, 5.74) is 0.908. The van der Waals surface area contributed by atoms with E-state index in [2.05, 4.69) is 35.7 Å². The maximum absolute atomic E-state index is 12.7. The fourth-order valence-electron chi connectivity index (χ4n) is 2.57. The average molecular weight is 478 g/mol. The second-order valence-corrected chi connectivity index (χ2v) is 7.00. The van der Waals surface area contributed by atoms with Crippen LogP contribution in [0.25, 0.3) is 27.9 Å². The highest BCUT2D eigenvalue weighted by Crippen LogP contribution is 2.36. The van der Waals surface area contributed by atoms with Crippen LogP contribution in [0.15, 0.2) is 40.9 Å². The number of aromatic nitrogens is 4. The monoisotopic (exact) mass is 476 g/mol. The lowest BCUT2D eigenvalue weighted by atomic mass is 10.2.